The third-order valence-corrected chi connectivity index (χ3v) is 2.44. The zero-order chi connectivity index (χ0) is 12.0. The van der Waals surface area contributed by atoms with Crippen LogP contribution in [0.1, 0.15) is 19.4 Å². The number of guanidine groups is 1. The summed E-state index contributed by atoms with van der Waals surface area (Å²) in [6, 6.07) is 7.64. The molecular formula is C12H19ClIN3. The number of benzene rings is 1. The van der Waals surface area contributed by atoms with Crippen LogP contribution in [-0.4, -0.2) is 12.5 Å². The van der Waals surface area contributed by atoms with Crippen molar-refractivity contribution >= 4 is 41.5 Å². The molecule has 0 heterocycles. The summed E-state index contributed by atoms with van der Waals surface area (Å²) in [5, 5.41) is 3.78. The Kier molecular flexibility index (Phi) is 8.33. The van der Waals surface area contributed by atoms with E-state index in [4.69, 9.17) is 17.3 Å². The van der Waals surface area contributed by atoms with E-state index in [9.17, 15) is 0 Å². The molecule has 1 aromatic carbocycles. The van der Waals surface area contributed by atoms with Crippen LogP contribution in [0.3, 0.4) is 0 Å². The lowest BCUT2D eigenvalue weighted by molar-refractivity contribution is 0.622. The SMILES string of the molecule is CC(C)CNC(N)=NCc1ccccc1Cl.I. The molecule has 0 atom stereocenters. The van der Waals surface area contributed by atoms with Crippen LogP contribution in [0.25, 0.3) is 0 Å². The lowest BCUT2D eigenvalue weighted by Gasteiger charge is -2.08. The Morgan fingerprint density at radius 1 is 1.41 bits per heavy atom. The van der Waals surface area contributed by atoms with Crippen LogP contribution in [0.2, 0.25) is 5.02 Å². The van der Waals surface area contributed by atoms with Gasteiger partial charge in [-0.1, -0.05) is 43.6 Å². The predicted octanol–water partition coefficient (Wildman–Crippen LogP) is 3.02. The molecular weight excluding hydrogens is 349 g/mol. The predicted molar refractivity (Wildman–Crippen MR) is 85.0 cm³/mol. The van der Waals surface area contributed by atoms with E-state index in [1.807, 2.05) is 24.3 Å². The van der Waals surface area contributed by atoms with Gasteiger partial charge in [0.05, 0.1) is 6.54 Å². The van der Waals surface area contributed by atoms with Gasteiger partial charge in [0.2, 0.25) is 0 Å². The van der Waals surface area contributed by atoms with Crippen molar-refractivity contribution in [2.24, 2.45) is 16.6 Å². The van der Waals surface area contributed by atoms with Gasteiger partial charge in [0.15, 0.2) is 5.96 Å². The van der Waals surface area contributed by atoms with Crippen molar-refractivity contribution in [1.82, 2.24) is 5.32 Å². The molecule has 0 aromatic heterocycles. The van der Waals surface area contributed by atoms with Gasteiger partial charge in [-0.05, 0) is 17.5 Å². The summed E-state index contributed by atoms with van der Waals surface area (Å²) in [5.74, 6) is 1.02. The molecule has 0 bridgehead atoms. The average Bonchev–Trinajstić information content (AvgIpc) is 2.25. The van der Waals surface area contributed by atoms with Crippen molar-refractivity contribution in [3.63, 3.8) is 0 Å². The van der Waals surface area contributed by atoms with E-state index >= 15 is 0 Å². The van der Waals surface area contributed by atoms with Crippen LogP contribution in [0.15, 0.2) is 29.3 Å². The van der Waals surface area contributed by atoms with E-state index in [-0.39, 0.29) is 24.0 Å². The Morgan fingerprint density at radius 2 is 2.06 bits per heavy atom. The second-order valence-electron chi connectivity index (χ2n) is 4.07. The number of rotatable bonds is 4. The van der Waals surface area contributed by atoms with Crippen molar-refractivity contribution in [3.8, 4) is 0 Å². The number of aliphatic imine (C=N–C) groups is 1. The van der Waals surface area contributed by atoms with Crippen molar-refractivity contribution in [1.29, 1.82) is 0 Å². The van der Waals surface area contributed by atoms with E-state index in [1.54, 1.807) is 0 Å². The number of nitrogens with zero attached hydrogens (tertiary/aromatic N) is 1. The molecule has 1 aromatic rings. The number of hydrogen-bond acceptors (Lipinski definition) is 1. The monoisotopic (exact) mass is 367 g/mol. The molecule has 5 heteroatoms. The maximum absolute atomic E-state index is 6.00. The highest BCUT2D eigenvalue weighted by Crippen LogP contribution is 2.15. The lowest BCUT2D eigenvalue weighted by atomic mass is 10.2. The third-order valence-electron chi connectivity index (χ3n) is 2.07. The summed E-state index contributed by atoms with van der Waals surface area (Å²) >= 11 is 6.00. The van der Waals surface area contributed by atoms with Gasteiger partial charge in [-0.15, -0.1) is 24.0 Å². The summed E-state index contributed by atoms with van der Waals surface area (Å²) in [4.78, 5) is 4.23. The first-order valence-electron chi connectivity index (χ1n) is 5.36. The Labute approximate surface area is 125 Å². The molecule has 0 aliphatic rings. The van der Waals surface area contributed by atoms with Crippen LogP contribution < -0.4 is 11.1 Å². The molecule has 0 aliphatic carbocycles. The van der Waals surface area contributed by atoms with Gasteiger partial charge in [-0.2, -0.15) is 0 Å². The molecule has 0 saturated carbocycles. The van der Waals surface area contributed by atoms with Crippen molar-refractivity contribution in [2.75, 3.05) is 6.54 Å². The smallest absolute Gasteiger partial charge is 0.188 e. The number of nitrogens with one attached hydrogen (secondary N) is 1. The Morgan fingerprint density at radius 3 is 2.65 bits per heavy atom. The highest BCUT2D eigenvalue weighted by molar-refractivity contribution is 14.0. The van der Waals surface area contributed by atoms with Gasteiger partial charge >= 0.3 is 0 Å². The van der Waals surface area contributed by atoms with Crippen LogP contribution >= 0.6 is 35.6 Å². The van der Waals surface area contributed by atoms with E-state index < -0.39 is 0 Å². The summed E-state index contributed by atoms with van der Waals surface area (Å²) in [6.07, 6.45) is 0. The normalized spacial score (nSPS) is 11.2. The molecule has 0 fully saturated rings. The molecule has 0 radical (unpaired) electrons. The maximum atomic E-state index is 6.00. The summed E-state index contributed by atoms with van der Waals surface area (Å²) in [5.41, 5.74) is 6.70. The minimum atomic E-state index is 0. The van der Waals surface area contributed by atoms with Gasteiger partial charge < -0.3 is 11.1 Å². The first kappa shape index (κ1) is 16.5. The first-order valence-corrected chi connectivity index (χ1v) is 5.74. The van der Waals surface area contributed by atoms with Crippen LogP contribution in [0, 0.1) is 5.92 Å². The molecule has 0 aliphatic heterocycles. The maximum Gasteiger partial charge on any atom is 0.188 e. The van der Waals surface area contributed by atoms with Gasteiger partial charge in [0, 0.05) is 11.6 Å². The first-order chi connectivity index (χ1) is 7.59. The average molecular weight is 368 g/mol. The molecule has 1 rings (SSSR count). The molecule has 0 saturated heterocycles. The largest absolute Gasteiger partial charge is 0.370 e. The van der Waals surface area contributed by atoms with E-state index in [0.29, 0.717) is 18.4 Å². The lowest BCUT2D eigenvalue weighted by Crippen LogP contribution is -2.34. The van der Waals surface area contributed by atoms with E-state index in [1.165, 1.54) is 0 Å². The molecule has 0 unspecified atom stereocenters. The second kappa shape index (κ2) is 8.58. The Bertz CT molecular complexity index is 367. The minimum absolute atomic E-state index is 0. The van der Waals surface area contributed by atoms with Gasteiger partial charge in [0.25, 0.3) is 0 Å². The number of hydrogen-bond donors (Lipinski definition) is 2. The zero-order valence-electron chi connectivity index (χ0n) is 10.1. The molecule has 0 amide bonds. The highest BCUT2D eigenvalue weighted by atomic mass is 127. The Hall–Kier alpha value is -0.490. The third kappa shape index (κ3) is 6.73. The zero-order valence-corrected chi connectivity index (χ0v) is 13.2. The highest BCUT2D eigenvalue weighted by Gasteiger charge is 1.98. The fourth-order valence-corrected chi connectivity index (χ4v) is 1.36. The standard InChI is InChI=1S/C12H18ClN3.HI/c1-9(2)7-15-12(14)16-8-10-5-3-4-6-11(10)13;/h3-6,9H,7-8H2,1-2H3,(H3,14,15,16);1H. The molecule has 96 valence electrons. The summed E-state index contributed by atoms with van der Waals surface area (Å²) in [6.45, 7) is 5.58. The van der Waals surface area contributed by atoms with E-state index in [2.05, 4.69) is 24.2 Å². The number of halogens is 2. The van der Waals surface area contributed by atoms with Crippen LogP contribution in [-0.2, 0) is 6.54 Å². The van der Waals surface area contributed by atoms with Gasteiger partial charge in [-0.25, -0.2) is 4.99 Å². The van der Waals surface area contributed by atoms with Gasteiger partial charge in [0.1, 0.15) is 0 Å². The van der Waals surface area contributed by atoms with Crippen molar-refractivity contribution in [3.05, 3.63) is 34.9 Å². The molecule has 17 heavy (non-hydrogen) atoms. The Balaban J connectivity index is 0.00000256. The van der Waals surface area contributed by atoms with Crippen LogP contribution in [0.4, 0.5) is 0 Å². The van der Waals surface area contributed by atoms with Crippen molar-refractivity contribution in [2.45, 2.75) is 20.4 Å². The summed E-state index contributed by atoms with van der Waals surface area (Å²) in [7, 11) is 0. The second-order valence-corrected chi connectivity index (χ2v) is 4.47. The molecule has 3 nitrogen and oxygen atoms in total. The topological polar surface area (TPSA) is 50.4 Å². The fourth-order valence-electron chi connectivity index (χ4n) is 1.16. The minimum Gasteiger partial charge on any atom is -0.370 e. The molecule has 0 spiro atoms. The molecule has 3 N–H and O–H groups in total. The van der Waals surface area contributed by atoms with Crippen LogP contribution in [0.5, 0.6) is 0 Å². The van der Waals surface area contributed by atoms with E-state index in [0.717, 1.165) is 17.1 Å². The summed E-state index contributed by atoms with van der Waals surface area (Å²) < 4.78 is 0. The number of nitrogens with two attached hydrogens (primary N) is 1. The van der Waals surface area contributed by atoms with Gasteiger partial charge in [-0.3, -0.25) is 0 Å². The fraction of sp³-hybridized carbons (Fsp3) is 0.417. The quantitative estimate of drug-likeness (QED) is 0.488. The van der Waals surface area contributed by atoms with Crippen molar-refractivity contribution < 1.29 is 0 Å².